The summed E-state index contributed by atoms with van der Waals surface area (Å²) in [5.74, 6) is 0.924. The molecule has 1 heterocycles. The molecular weight excluding hydrogens is 326 g/mol. The van der Waals surface area contributed by atoms with Gasteiger partial charge in [-0.2, -0.15) is 0 Å². The van der Waals surface area contributed by atoms with Gasteiger partial charge in [0.2, 0.25) is 5.52 Å². The first-order valence-corrected chi connectivity index (χ1v) is 9.23. The number of para-hydroxylation sites is 1. The van der Waals surface area contributed by atoms with Crippen molar-refractivity contribution in [3.63, 3.8) is 0 Å². The van der Waals surface area contributed by atoms with Crippen molar-refractivity contribution in [2.45, 2.75) is 20.4 Å². The van der Waals surface area contributed by atoms with Gasteiger partial charge in [0.05, 0.1) is 0 Å². The summed E-state index contributed by atoms with van der Waals surface area (Å²) in [7, 11) is 0. The van der Waals surface area contributed by atoms with E-state index in [2.05, 4.69) is 73.0 Å². The standard InChI is InChI=1S/C22H20NOS/c1-16-9-8-13-20(17(16)2)24-22-23(15-18-10-4-3-5-11-18)19-12-6-7-14-21(19)25-22/h3-14H,15H2,1-2H3/q+1. The molecule has 1 aromatic heterocycles. The molecule has 0 spiro atoms. The molecule has 2 nitrogen and oxygen atoms in total. The predicted octanol–water partition coefficient (Wildman–Crippen LogP) is 5.65. The van der Waals surface area contributed by atoms with Gasteiger partial charge in [-0.05, 0) is 48.4 Å². The largest absolute Gasteiger partial charge is 0.437 e. The molecule has 0 atom stereocenters. The molecule has 0 amide bonds. The van der Waals surface area contributed by atoms with Crippen molar-refractivity contribution in [3.05, 3.63) is 89.5 Å². The Morgan fingerprint density at radius 3 is 2.44 bits per heavy atom. The molecule has 0 N–H and O–H groups in total. The van der Waals surface area contributed by atoms with Crippen LogP contribution in [0.25, 0.3) is 10.2 Å². The van der Waals surface area contributed by atoms with Crippen LogP contribution in [-0.4, -0.2) is 0 Å². The first-order chi connectivity index (χ1) is 12.2. The molecule has 0 radical (unpaired) electrons. The summed E-state index contributed by atoms with van der Waals surface area (Å²) in [6.07, 6.45) is 0. The monoisotopic (exact) mass is 346 g/mol. The highest BCUT2D eigenvalue weighted by atomic mass is 32.1. The zero-order valence-electron chi connectivity index (χ0n) is 14.4. The second-order valence-corrected chi connectivity index (χ2v) is 7.20. The summed E-state index contributed by atoms with van der Waals surface area (Å²) in [5, 5.41) is 0.916. The Hall–Kier alpha value is -2.65. The van der Waals surface area contributed by atoms with Crippen LogP contribution >= 0.6 is 11.3 Å². The van der Waals surface area contributed by atoms with Crippen molar-refractivity contribution in [1.29, 1.82) is 0 Å². The van der Waals surface area contributed by atoms with Crippen molar-refractivity contribution in [1.82, 2.24) is 0 Å². The van der Waals surface area contributed by atoms with E-state index < -0.39 is 0 Å². The molecule has 0 saturated heterocycles. The fourth-order valence-corrected chi connectivity index (χ4v) is 3.96. The van der Waals surface area contributed by atoms with E-state index in [0.717, 1.165) is 17.5 Å². The summed E-state index contributed by atoms with van der Waals surface area (Å²) in [6.45, 7) is 5.02. The minimum Gasteiger partial charge on any atom is -0.396 e. The number of aromatic nitrogens is 1. The molecule has 0 saturated carbocycles. The number of fused-ring (bicyclic) bond motifs is 1. The summed E-state index contributed by atoms with van der Waals surface area (Å²) < 4.78 is 9.86. The second kappa shape index (κ2) is 6.69. The molecule has 4 aromatic rings. The molecule has 25 heavy (non-hydrogen) atoms. The highest BCUT2D eigenvalue weighted by Gasteiger charge is 2.23. The molecule has 0 aliphatic carbocycles. The Bertz CT molecular complexity index is 1020. The maximum absolute atomic E-state index is 6.36. The normalized spacial score (nSPS) is 11.0. The van der Waals surface area contributed by atoms with Gasteiger partial charge in [-0.15, -0.1) is 4.57 Å². The molecule has 3 aromatic carbocycles. The van der Waals surface area contributed by atoms with Crippen LogP contribution in [0.3, 0.4) is 0 Å². The van der Waals surface area contributed by atoms with E-state index in [1.165, 1.54) is 26.9 Å². The molecule has 0 fully saturated rings. The van der Waals surface area contributed by atoms with Gasteiger partial charge < -0.3 is 4.74 Å². The minimum atomic E-state index is 0.797. The zero-order chi connectivity index (χ0) is 17.2. The van der Waals surface area contributed by atoms with Gasteiger partial charge >= 0.3 is 5.19 Å². The SMILES string of the molecule is Cc1cccc(Oc2sc3ccccc3[n+]2Cc2ccccc2)c1C. The topological polar surface area (TPSA) is 13.1 Å². The lowest BCUT2D eigenvalue weighted by Gasteiger charge is -2.07. The number of benzene rings is 3. The summed E-state index contributed by atoms with van der Waals surface area (Å²) in [5.41, 5.74) is 4.90. The van der Waals surface area contributed by atoms with Crippen molar-refractivity contribution < 1.29 is 9.30 Å². The summed E-state index contributed by atoms with van der Waals surface area (Å²) in [6, 6.07) is 25.2. The minimum absolute atomic E-state index is 0.797. The maximum atomic E-state index is 6.36. The molecule has 0 aliphatic heterocycles. The number of nitrogens with zero attached hydrogens (tertiary/aromatic N) is 1. The smallest absolute Gasteiger partial charge is 0.396 e. The van der Waals surface area contributed by atoms with Crippen LogP contribution in [0, 0.1) is 13.8 Å². The van der Waals surface area contributed by atoms with Gasteiger partial charge in [0.1, 0.15) is 10.4 Å². The molecule has 3 heteroatoms. The Morgan fingerprint density at radius 2 is 1.60 bits per heavy atom. The second-order valence-electron chi connectivity index (χ2n) is 6.21. The molecule has 0 aliphatic rings. The molecule has 0 unspecified atom stereocenters. The lowest BCUT2D eigenvalue weighted by Crippen LogP contribution is -2.34. The number of ether oxygens (including phenoxy) is 1. The van der Waals surface area contributed by atoms with Gasteiger partial charge in [0.25, 0.3) is 0 Å². The number of hydrogen-bond donors (Lipinski definition) is 0. The first-order valence-electron chi connectivity index (χ1n) is 8.42. The van der Waals surface area contributed by atoms with Crippen LogP contribution in [0.5, 0.6) is 10.9 Å². The van der Waals surface area contributed by atoms with Crippen LogP contribution in [0.4, 0.5) is 0 Å². The van der Waals surface area contributed by atoms with E-state index in [1.807, 2.05) is 18.2 Å². The third-order valence-electron chi connectivity index (χ3n) is 4.51. The third-order valence-corrected chi connectivity index (χ3v) is 5.55. The van der Waals surface area contributed by atoms with E-state index in [9.17, 15) is 0 Å². The van der Waals surface area contributed by atoms with Crippen LogP contribution in [0.15, 0.2) is 72.8 Å². The zero-order valence-corrected chi connectivity index (χ0v) is 15.2. The first kappa shape index (κ1) is 15.9. The Labute approximate surface area is 152 Å². The van der Waals surface area contributed by atoms with Crippen molar-refractivity contribution >= 4 is 21.6 Å². The van der Waals surface area contributed by atoms with Crippen LogP contribution in [0.1, 0.15) is 16.7 Å². The highest BCUT2D eigenvalue weighted by Crippen LogP contribution is 2.32. The molecule has 4 rings (SSSR count). The van der Waals surface area contributed by atoms with Crippen molar-refractivity contribution in [2.75, 3.05) is 0 Å². The quantitative estimate of drug-likeness (QED) is 0.435. The lowest BCUT2D eigenvalue weighted by atomic mass is 10.1. The molecule has 0 bridgehead atoms. The van der Waals surface area contributed by atoms with Crippen molar-refractivity contribution in [3.8, 4) is 10.9 Å². The fraction of sp³-hybridized carbons (Fsp3) is 0.136. The predicted molar refractivity (Wildman–Crippen MR) is 104 cm³/mol. The van der Waals surface area contributed by atoms with E-state index in [1.54, 1.807) is 11.3 Å². The maximum Gasteiger partial charge on any atom is 0.437 e. The Kier molecular flexibility index (Phi) is 4.24. The van der Waals surface area contributed by atoms with Crippen molar-refractivity contribution in [2.24, 2.45) is 0 Å². The number of hydrogen-bond acceptors (Lipinski definition) is 2. The highest BCUT2D eigenvalue weighted by molar-refractivity contribution is 7.19. The average Bonchev–Trinajstić information content (AvgIpc) is 2.97. The fourth-order valence-electron chi connectivity index (χ4n) is 2.93. The summed E-state index contributed by atoms with van der Waals surface area (Å²) >= 11 is 1.69. The third kappa shape index (κ3) is 3.15. The molecular formula is C22H20NOS+. The van der Waals surface area contributed by atoms with Crippen LogP contribution in [-0.2, 0) is 6.54 Å². The average molecular weight is 346 g/mol. The van der Waals surface area contributed by atoms with E-state index in [-0.39, 0.29) is 0 Å². The van der Waals surface area contributed by atoms with Gasteiger partial charge in [-0.25, -0.2) is 0 Å². The van der Waals surface area contributed by atoms with Gasteiger partial charge in [0, 0.05) is 11.6 Å². The van der Waals surface area contributed by atoms with E-state index in [0.29, 0.717) is 0 Å². The Balaban J connectivity index is 1.80. The lowest BCUT2D eigenvalue weighted by molar-refractivity contribution is -0.662. The van der Waals surface area contributed by atoms with E-state index >= 15 is 0 Å². The number of aryl methyl sites for hydroxylation is 1. The Morgan fingerprint density at radius 1 is 0.840 bits per heavy atom. The summed E-state index contributed by atoms with van der Waals surface area (Å²) in [4.78, 5) is 0. The van der Waals surface area contributed by atoms with Gasteiger partial charge in [0.15, 0.2) is 6.54 Å². The van der Waals surface area contributed by atoms with E-state index in [4.69, 9.17) is 4.74 Å². The van der Waals surface area contributed by atoms with Gasteiger partial charge in [-0.3, -0.25) is 0 Å². The van der Waals surface area contributed by atoms with Crippen LogP contribution < -0.4 is 9.30 Å². The number of rotatable bonds is 4. The molecule has 124 valence electrons. The number of thiazole rings is 1. The van der Waals surface area contributed by atoms with Crippen LogP contribution in [0.2, 0.25) is 0 Å². The van der Waals surface area contributed by atoms with Gasteiger partial charge in [-0.1, -0.05) is 54.6 Å².